The summed E-state index contributed by atoms with van der Waals surface area (Å²) in [5, 5.41) is 10.6. The minimum absolute atomic E-state index is 0.107. The Bertz CT molecular complexity index is 1750. The second-order valence-electron chi connectivity index (χ2n) is 26.5. The molecule has 19 heteroatoms. The van der Waals surface area contributed by atoms with Crippen molar-refractivity contribution in [3.8, 4) is 0 Å². The highest BCUT2D eigenvalue weighted by atomic mass is 31.2. The zero-order chi connectivity index (χ0) is 67.0. The number of hydrogen-bond donors (Lipinski definition) is 3. The Hall–Kier alpha value is -1.94. The van der Waals surface area contributed by atoms with E-state index in [4.69, 9.17) is 37.0 Å². The first-order chi connectivity index (χ1) is 44.0. The predicted molar refractivity (Wildman–Crippen MR) is 368 cm³/mol. The van der Waals surface area contributed by atoms with Crippen molar-refractivity contribution in [3.63, 3.8) is 0 Å². The first-order valence-corrected chi connectivity index (χ1v) is 40.6. The number of esters is 4. The summed E-state index contributed by atoms with van der Waals surface area (Å²) in [5.41, 5.74) is 0. The molecule has 0 aromatic carbocycles. The number of aliphatic hydroxyl groups is 1. The Kier molecular flexibility index (Phi) is 64.0. The van der Waals surface area contributed by atoms with Gasteiger partial charge < -0.3 is 33.8 Å². The molecule has 91 heavy (non-hydrogen) atoms. The molecule has 5 atom stereocenters. The number of phosphoric acid groups is 2. The lowest BCUT2D eigenvalue weighted by molar-refractivity contribution is -0.161. The van der Waals surface area contributed by atoms with E-state index >= 15 is 0 Å². The van der Waals surface area contributed by atoms with E-state index in [1.54, 1.807) is 0 Å². The monoisotopic (exact) mass is 1340 g/mol. The highest BCUT2D eigenvalue weighted by molar-refractivity contribution is 7.47. The van der Waals surface area contributed by atoms with E-state index in [0.29, 0.717) is 25.7 Å². The second kappa shape index (κ2) is 65.4. The molecule has 540 valence electrons. The molecule has 0 fully saturated rings. The van der Waals surface area contributed by atoms with Crippen LogP contribution in [-0.2, 0) is 65.4 Å². The summed E-state index contributed by atoms with van der Waals surface area (Å²) < 4.78 is 68.4. The van der Waals surface area contributed by atoms with Crippen molar-refractivity contribution in [1.82, 2.24) is 0 Å². The van der Waals surface area contributed by atoms with Gasteiger partial charge in [-0.25, -0.2) is 9.13 Å². The van der Waals surface area contributed by atoms with Crippen LogP contribution in [0.5, 0.6) is 0 Å². The Morgan fingerprint density at radius 2 is 0.505 bits per heavy atom. The molecule has 0 saturated carbocycles. The number of unbranched alkanes of at least 4 members (excludes halogenated alkanes) is 44. The minimum atomic E-state index is -4.95. The van der Waals surface area contributed by atoms with Crippen LogP contribution in [0.2, 0.25) is 0 Å². The van der Waals surface area contributed by atoms with Gasteiger partial charge in [0.05, 0.1) is 26.4 Å². The SMILES string of the molecule is CCCCCCCCCCCCCCCC(=O)OC[C@H](COP(=O)(O)OC[C@@H](O)COP(=O)(O)OC[C@@H](COC(=O)CCCCCCCCCCCCCC)OC(=O)CCCCCCCCCCCCCCC)OC(=O)CCCCCCCCCCCCC(C)C. The largest absolute Gasteiger partial charge is 0.472 e. The van der Waals surface area contributed by atoms with Crippen LogP contribution in [0.3, 0.4) is 0 Å². The molecule has 0 aromatic heterocycles. The molecule has 0 aromatic rings. The van der Waals surface area contributed by atoms with Gasteiger partial charge in [-0.05, 0) is 31.6 Å². The fourth-order valence-corrected chi connectivity index (χ4v) is 12.6. The zero-order valence-electron chi connectivity index (χ0n) is 59.0. The zero-order valence-corrected chi connectivity index (χ0v) is 60.8. The van der Waals surface area contributed by atoms with Gasteiger partial charge in [0.2, 0.25) is 0 Å². The number of carbonyl (C=O) groups excluding carboxylic acids is 4. The third-order valence-electron chi connectivity index (χ3n) is 16.8. The molecule has 0 heterocycles. The molecule has 0 rings (SSSR count). The molecular formula is C72H140O17P2. The van der Waals surface area contributed by atoms with Crippen LogP contribution >= 0.6 is 15.6 Å². The van der Waals surface area contributed by atoms with E-state index in [-0.39, 0.29) is 25.7 Å². The molecule has 0 amide bonds. The van der Waals surface area contributed by atoms with E-state index in [1.807, 2.05) is 0 Å². The van der Waals surface area contributed by atoms with Crippen molar-refractivity contribution >= 4 is 39.5 Å². The molecular weight excluding hydrogens is 1200 g/mol. The number of hydrogen-bond acceptors (Lipinski definition) is 15. The van der Waals surface area contributed by atoms with Gasteiger partial charge >= 0.3 is 39.5 Å². The maximum absolute atomic E-state index is 13.0. The number of aliphatic hydroxyl groups excluding tert-OH is 1. The van der Waals surface area contributed by atoms with Crippen LogP contribution in [0.4, 0.5) is 0 Å². The molecule has 17 nitrogen and oxygen atoms in total. The van der Waals surface area contributed by atoms with Crippen LogP contribution in [0.15, 0.2) is 0 Å². The average Bonchev–Trinajstić information content (AvgIpc) is 3.27. The lowest BCUT2D eigenvalue weighted by Crippen LogP contribution is -2.30. The van der Waals surface area contributed by atoms with Gasteiger partial charge in [-0.15, -0.1) is 0 Å². The third kappa shape index (κ3) is 66.5. The molecule has 0 spiro atoms. The third-order valence-corrected chi connectivity index (χ3v) is 18.7. The normalized spacial score (nSPS) is 14.0. The Morgan fingerprint density at radius 3 is 0.747 bits per heavy atom. The summed E-state index contributed by atoms with van der Waals surface area (Å²) >= 11 is 0. The Balaban J connectivity index is 5.26. The van der Waals surface area contributed by atoms with E-state index < -0.39 is 97.5 Å². The van der Waals surface area contributed by atoms with Gasteiger partial charge in [0.1, 0.15) is 19.3 Å². The van der Waals surface area contributed by atoms with E-state index in [2.05, 4.69) is 34.6 Å². The van der Waals surface area contributed by atoms with Crippen LogP contribution in [-0.4, -0.2) is 96.7 Å². The Morgan fingerprint density at radius 1 is 0.297 bits per heavy atom. The second-order valence-corrected chi connectivity index (χ2v) is 29.4. The van der Waals surface area contributed by atoms with Crippen molar-refractivity contribution in [2.45, 2.75) is 393 Å². The van der Waals surface area contributed by atoms with E-state index in [1.165, 1.54) is 199 Å². The van der Waals surface area contributed by atoms with E-state index in [9.17, 15) is 43.2 Å². The number of rotatable bonds is 72. The first kappa shape index (κ1) is 89.1. The number of ether oxygens (including phenoxy) is 4. The lowest BCUT2D eigenvalue weighted by atomic mass is 10.0. The molecule has 0 aliphatic carbocycles. The maximum atomic E-state index is 13.0. The Labute approximate surface area is 556 Å². The molecule has 0 radical (unpaired) electrons. The summed E-state index contributed by atoms with van der Waals surface area (Å²) in [6.45, 7) is 7.26. The lowest BCUT2D eigenvalue weighted by Gasteiger charge is -2.21. The van der Waals surface area contributed by atoms with Crippen molar-refractivity contribution < 1.29 is 80.2 Å². The maximum Gasteiger partial charge on any atom is 0.472 e. The topological polar surface area (TPSA) is 237 Å². The number of carbonyl (C=O) groups is 4. The van der Waals surface area contributed by atoms with Crippen molar-refractivity contribution in [2.75, 3.05) is 39.6 Å². The minimum Gasteiger partial charge on any atom is -0.462 e. The van der Waals surface area contributed by atoms with Gasteiger partial charge in [0.25, 0.3) is 0 Å². The van der Waals surface area contributed by atoms with Crippen LogP contribution in [0.1, 0.15) is 375 Å². The summed E-state index contributed by atoms with van der Waals surface area (Å²) in [6.07, 6.45) is 52.5. The van der Waals surface area contributed by atoms with Crippen LogP contribution < -0.4 is 0 Å². The van der Waals surface area contributed by atoms with Gasteiger partial charge in [0.15, 0.2) is 12.2 Å². The van der Waals surface area contributed by atoms with Crippen molar-refractivity contribution in [2.24, 2.45) is 5.92 Å². The average molecular weight is 1340 g/mol. The molecule has 0 aliphatic heterocycles. The summed E-state index contributed by atoms with van der Waals surface area (Å²) in [7, 11) is -9.90. The molecule has 0 bridgehead atoms. The van der Waals surface area contributed by atoms with Crippen LogP contribution in [0, 0.1) is 5.92 Å². The van der Waals surface area contributed by atoms with Gasteiger partial charge in [0, 0.05) is 25.7 Å². The van der Waals surface area contributed by atoms with Crippen LogP contribution in [0.25, 0.3) is 0 Å². The van der Waals surface area contributed by atoms with E-state index in [0.717, 1.165) is 95.8 Å². The first-order valence-electron chi connectivity index (χ1n) is 37.6. The predicted octanol–water partition coefficient (Wildman–Crippen LogP) is 20.9. The molecule has 0 aliphatic rings. The fraction of sp³-hybridized carbons (Fsp3) is 0.944. The van der Waals surface area contributed by atoms with Gasteiger partial charge in [-0.3, -0.25) is 37.3 Å². The standard InChI is InChI=1S/C72H140O17P2/c1-6-9-12-15-18-21-24-27-30-36-41-46-51-56-70(75)83-62-68(89-72(77)58-53-48-43-38-33-32-34-39-44-49-54-65(4)5)64-87-91(80,81)85-60-66(73)59-84-90(78,79)86-63-67(61-82-69(74)55-50-45-40-35-29-26-23-20-17-14-11-8-3)88-71(76)57-52-47-42-37-31-28-25-22-19-16-13-10-7-2/h65-68,73H,6-64H2,1-5H3,(H,78,79)(H,80,81)/t66-,67+,68+/m0/s1. The highest BCUT2D eigenvalue weighted by Gasteiger charge is 2.30. The van der Waals surface area contributed by atoms with Crippen molar-refractivity contribution in [3.05, 3.63) is 0 Å². The molecule has 2 unspecified atom stereocenters. The smallest absolute Gasteiger partial charge is 0.462 e. The number of phosphoric ester groups is 2. The highest BCUT2D eigenvalue weighted by Crippen LogP contribution is 2.45. The molecule has 3 N–H and O–H groups in total. The quantitative estimate of drug-likeness (QED) is 0.0222. The summed E-state index contributed by atoms with van der Waals surface area (Å²) in [6, 6.07) is 0. The van der Waals surface area contributed by atoms with Gasteiger partial charge in [-0.1, -0.05) is 324 Å². The van der Waals surface area contributed by atoms with Gasteiger partial charge in [-0.2, -0.15) is 0 Å². The fourth-order valence-electron chi connectivity index (χ4n) is 11.0. The summed E-state index contributed by atoms with van der Waals surface area (Å²) in [4.78, 5) is 72.7. The molecule has 0 saturated heterocycles. The summed E-state index contributed by atoms with van der Waals surface area (Å²) in [5.74, 6) is -1.36. The van der Waals surface area contributed by atoms with Crippen molar-refractivity contribution in [1.29, 1.82) is 0 Å².